The molecule has 1 amide bonds. The van der Waals surface area contributed by atoms with E-state index in [1.54, 1.807) is 6.20 Å². The maximum atomic E-state index is 12.1. The molecule has 1 atom stereocenters. The molecule has 2 heterocycles. The molecule has 128 valence electrons. The molecule has 1 aromatic carbocycles. The van der Waals surface area contributed by atoms with E-state index >= 15 is 0 Å². The third-order valence-corrected chi connectivity index (χ3v) is 3.48. The van der Waals surface area contributed by atoms with Crippen LogP contribution in [0.15, 0.2) is 30.5 Å². The molecule has 3 rings (SSSR count). The van der Waals surface area contributed by atoms with Crippen LogP contribution in [0.5, 0.6) is 5.75 Å². The average Bonchev–Trinajstić information content (AvgIpc) is 2.88. The van der Waals surface area contributed by atoms with E-state index in [-0.39, 0.29) is 24.5 Å². The number of nitrogens with zero attached hydrogens (tertiary/aromatic N) is 3. The highest BCUT2D eigenvalue weighted by Crippen LogP contribution is 2.25. The van der Waals surface area contributed by atoms with E-state index in [1.165, 1.54) is 28.9 Å². The van der Waals surface area contributed by atoms with Gasteiger partial charge in [-0.15, -0.1) is 13.2 Å². The number of hydroxylamine groups is 1. The first-order valence-electron chi connectivity index (χ1n) is 6.92. The summed E-state index contributed by atoms with van der Waals surface area (Å²) >= 11 is 0. The number of alkyl halides is 3. The van der Waals surface area contributed by atoms with Crippen molar-refractivity contribution in [2.75, 3.05) is 5.06 Å². The van der Waals surface area contributed by atoms with Crippen LogP contribution in [0.25, 0.3) is 0 Å². The molecule has 24 heavy (non-hydrogen) atoms. The van der Waals surface area contributed by atoms with Gasteiger partial charge in [-0.2, -0.15) is 10.2 Å². The van der Waals surface area contributed by atoms with Crippen LogP contribution in [0.4, 0.5) is 19.0 Å². The molecule has 0 fully saturated rings. The fraction of sp³-hybridized carbons (Fsp3) is 0.286. The number of anilines is 1. The zero-order valence-corrected chi connectivity index (χ0v) is 12.2. The number of benzene rings is 1. The summed E-state index contributed by atoms with van der Waals surface area (Å²) in [5.41, 5.74) is 6.90. The first kappa shape index (κ1) is 16.3. The van der Waals surface area contributed by atoms with E-state index in [4.69, 9.17) is 5.73 Å². The molecule has 0 saturated heterocycles. The molecule has 10 heteroatoms. The van der Waals surface area contributed by atoms with Gasteiger partial charge in [0.1, 0.15) is 5.75 Å². The van der Waals surface area contributed by atoms with Crippen molar-refractivity contribution in [1.29, 1.82) is 0 Å². The summed E-state index contributed by atoms with van der Waals surface area (Å²) in [6.45, 7) is 0.247. The zero-order valence-electron chi connectivity index (χ0n) is 12.2. The van der Waals surface area contributed by atoms with Gasteiger partial charge in [0.15, 0.2) is 5.82 Å². The zero-order chi connectivity index (χ0) is 17.5. The highest BCUT2D eigenvalue weighted by molar-refractivity contribution is 5.97. The molecule has 0 saturated carbocycles. The predicted molar refractivity (Wildman–Crippen MR) is 75.4 cm³/mol. The van der Waals surface area contributed by atoms with Crippen molar-refractivity contribution in [3.8, 4) is 5.75 Å². The Morgan fingerprint density at radius 2 is 2.00 bits per heavy atom. The number of carbonyl (C=O) groups is 1. The summed E-state index contributed by atoms with van der Waals surface area (Å²) in [5, 5.41) is 14.2. The fourth-order valence-corrected chi connectivity index (χ4v) is 2.43. The Labute approximate surface area is 134 Å². The summed E-state index contributed by atoms with van der Waals surface area (Å²) < 4.78 is 41.6. The number of rotatable bonds is 3. The lowest BCUT2D eigenvalue weighted by Crippen LogP contribution is -2.47. The van der Waals surface area contributed by atoms with Gasteiger partial charge in [0.2, 0.25) is 0 Å². The Morgan fingerprint density at radius 1 is 1.33 bits per heavy atom. The quantitative estimate of drug-likeness (QED) is 0.823. The summed E-state index contributed by atoms with van der Waals surface area (Å²) in [4.78, 5) is 11.6. The van der Waals surface area contributed by atoms with Crippen LogP contribution in [0, 0.1) is 0 Å². The first-order valence-corrected chi connectivity index (χ1v) is 6.92. The van der Waals surface area contributed by atoms with Gasteiger partial charge >= 0.3 is 6.36 Å². The molecule has 1 aliphatic heterocycles. The van der Waals surface area contributed by atoms with Crippen molar-refractivity contribution in [2.45, 2.75) is 25.4 Å². The summed E-state index contributed by atoms with van der Waals surface area (Å²) in [6.07, 6.45) is -2.85. The molecule has 2 aromatic rings. The predicted octanol–water partition coefficient (Wildman–Crippen LogP) is 1.44. The van der Waals surface area contributed by atoms with E-state index in [9.17, 15) is 23.2 Å². The van der Waals surface area contributed by atoms with Crippen LogP contribution in [0.3, 0.4) is 0 Å². The molecule has 1 aliphatic rings. The number of hydrogen-bond donors (Lipinski definition) is 2. The van der Waals surface area contributed by atoms with Crippen molar-refractivity contribution < 1.29 is 27.9 Å². The van der Waals surface area contributed by atoms with Gasteiger partial charge < -0.3 is 10.5 Å². The number of amides is 1. The van der Waals surface area contributed by atoms with Crippen LogP contribution < -0.4 is 15.5 Å². The Balaban J connectivity index is 1.75. The van der Waals surface area contributed by atoms with Crippen molar-refractivity contribution in [3.05, 3.63) is 41.6 Å². The minimum Gasteiger partial charge on any atom is -0.406 e. The molecule has 0 spiro atoms. The summed E-state index contributed by atoms with van der Waals surface area (Å²) in [6, 6.07) is 4.50. The van der Waals surface area contributed by atoms with Gasteiger partial charge in [0.25, 0.3) is 5.91 Å². The Bertz CT molecular complexity index is 758. The van der Waals surface area contributed by atoms with E-state index in [0.717, 1.165) is 0 Å². The molecular formula is C14H13F3N4O3. The normalized spacial score (nSPS) is 17.8. The SMILES string of the molecule is NC1Cc2cn(Cc3ccc(OC(F)(F)F)cc3)nc2N(O)C1=O. The minimum absolute atomic E-state index is 0.110. The third-order valence-electron chi connectivity index (χ3n) is 3.48. The molecule has 0 bridgehead atoms. The van der Waals surface area contributed by atoms with Crippen molar-refractivity contribution in [3.63, 3.8) is 0 Å². The first-order chi connectivity index (χ1) is 11.2. The topological polar surface area (TPSA) is 93.6 Å². The van der Waals surface area contributed by atoms with Gasteiger partial charge in [-0.05, 0) is 17.7 Å². The maximum Gasteiger partial charge on any atom is 0.573 e. The second kappa shape index (κ2) is 5.80. The number of halogens is 3. The van der Waals surface area contributed by atoms with Crippen LogP contribution in [-0.4, -0.2) is 33.3 Å². The van der Waals surface area contributed by atoms with E-state index in [0.29, 0.717) is 16.2 Å². The Hall–Kier alpha value is -2.59. The second-order valence-electron chi connectivity index (χ2n) is 5.33. The van der Waals surface area contributed by atoms with Crippen LogP contribution in [0.2, 0.25) is 0 Å². The van der Waals surface area contributed by atoms with Gasteiger partial charge in [-0.25, -0.2) is 0 Å². The summed E-state index contributed by atoms with van der Waals surface area (Å²) in [7, 11) is 0. The number of carbonyl (C=O) groups excluding carboxylic acids is 1. The van der Waals surface area contributed by atoms with Gasteiger partial charge in [0, 0.05) is 18.2 Å². The number of ether oxygens (including phenoxy) is 1. The fourth-order valence-electron chi connectivity index (χ4n) is 2.43. The van der Waals surface area contributed by atoms with E-state index < -0.39 is 18.3 Å². The molecule has 7 nitrogen and oxygen atoms in total. The lowest BCUT2D eigenvalue weighted by molar-refractivity contribution is -0.274. The standard InChI is InChI=1S/C14H13F3N4O3/c15-14(16,17)24-10-3-1-8(2-4-10)6-20-7-9-5-11(18)13(22)21(23)12(9)19-20/h1-4,7,11,23H,5-6,18H2. The van der Waals surface area contributed by atoms with Crippen LogP contribution in [0.1, 0.15) is 11.1 Å². The number of aromatic nitrogens is 2. The molecule has 0 aliphatic carbocycles. The minimum atomic E-state index is -4.74. The highest BCUT2D eigenvalue weighted by atomic mass is 19.4. The molecular weight excluding hydrogens is 329 g/mol. The van der Waals surface area contributed by atoms with Crippen molar-refractivity contribution in [2.24, 2.45) is 5.73 Å². The Morgan fingerprint density at radius 3 is 2.62 bits per heavy atom. The van der Waals surface area contributed by atoms with Gasteiger partial charge in [-0.3, -0.25) is 14.7 Å². The van der Waals surface area contributed by atoms with Crippen LogP contribution >= 0.6 is 0 Å². The third kappa shape index (κ3) is 3.34. The monoisotopic (exact) mass is 342 g/mol. The van der Waals surface area contributed by atoms with Gasteiger partial charge in [-0.1, -0.05) is 12.1 Å². The summed E-state index contributed by atoms with van der Waals surface area (Å²) in [5.74, 6) is -0.843. The Kier molecular flexibility index (Phi) is 3.93. The lowest BCUT2D eigenvalue weighted by atomic mass is 10.1. The smallest absolute Gasteiger partial charge is 0.406 e. The number of nitrogens with two attached hydrogens (primary N) is 1. The van der Waals surface area contributed by atoms with Gasteiger partial charge in [0.05, 0.1) is 12.6 Å². The van der Waals surface area contributed by atoms with Crippen LogP contribution in [-0.2, 0) is 17.8 Å². The van der Waals surface area contributed by atoms with Crippen molar-refractivity contribution in [1.82, 2.24) is 9.78 Å². The van der Waals surface area contributed by atoms with E-state index in [1.807, 2.05) is 0 Å². The number of fused-ring (bicyclic) bond motifs is 1. The molecule has 3 N–H and O–H groups in total. The lowest BCUT2D eigenvalue weighted by Gasteiger charge is -2.22. The largest absolute Gasteiger partial charge is 0.573 e. The van der Waals surface area contributed by atoms with E-state index in [2.05, 4.69) is 9.84 Å². The van der Waals surface area contributed by atoms with Crippen molar-refractivity contribution >= 4 is 11.7 Å². The average molecular weight is 342 g/mol. The second-order valence-corrected chi connectivity index (χ2v) is 5.33. The maximum absolute atomic E-state index is 12.1. The molecule has 1 aromatic heterocycles. The number of hydrogen-bond acceptors (Lipinski definition) is 5. The highest BCUT2D eigenvalue weighted by Gasteiger charge is 2.32. The molecule has 0 radical (unpaired) electrons. The molecule has 1 unspecified atom stereocenters.